The number of hydrogen-bond donors (Lipinski definition) is 0. The first-order valence-corrected chi connectivity index (χ1v) is 7.40. The Kier molecular flexibility index (Phi) is 3.66. The summed E-state index contributed by atoms with van der Waals surface area (Å²) in [5, 5.41) is 0. The smallest absolute Gasteiger partial charge is 0.0558 e. The Morgan fingerprint density at radius 2 is 1.80 bits per heavy atom. The van der Waals surface area contributed by atoms with Crippen LogP contribution < -0.4 is 4.90 Å². The molecular formula is C18H16NS. The van der Waals surface area contributed by atoms with Crippen LogP contribution in [0, 0.1) is 6.42 Å². The van der Waals surface area contributed by atoms with E-state index in [0.29, 0.717) is 0 Å². The van der Waals surface area contributed by atoms with Gasteiger partial charge in [0.25, 0.3) is 0 Å². The van der Waals surface area contributed by atoms with Crippen LogP contribution in [0.5, 0.6) is 0 Å². The topological polar surface area (TPSA) is 3.24 Å². The van der Waals surface area contributed by atoms with E-state index >= 15 is 0 Å². The van der Waals surface area contributed by atoms with E-state index < -0.39 is 0 Å². The van der Waals surface area contributed by atoms with Gasteiger partial charge in [0.2, 0.25) is 0 Å². The van der Waals surface area contributed by atoms with Crippen LogP contribution in [0.4, 0.5) is 11.4 Å². The van der Waals surface area contributed by atoms with Crippen molar-refractivity contribution in [3.05, 3.63) is 79.8 Å². The molecule has 99 valence electrons. The van der Waals surface area contributed by atoms with Crippen LogP contribution in [0.1, 0.15) is 5.56 Å². The van der Waals surface area contributed by atoms with Crippen LogP contribution in [0.2, 0.25) is 0 Å². The van der Waals surface area contributed by atoms with Gasteiger partial charge < -0.3 is 4.90 Å². The summed E-state index contributed by atoms with van der Waals surface area (Å²) < 4.78 is 0. The molecule has 1 nitrogen and oxygen atoms in total. The number of benzene rings is 2. The molecule has 1 radical (unpaired) electrons. The van der Waals surface area contributed by atoms with Crippen LogP contribution in [0.3, 0.4) is 0 Å². The summed E-state index contributed by atoms with van der Waals surface area (Å²) in [5.41, 5.74) is 3.66. The van der Waals surface area contributed by atoms with Crippen molar-refractivity contribution in [3.63, 3.8) is 0 Å². The van der Waals surface area contributed by atoms with Gasteiger partial charge in [-0.2, -0.15) is 0 Å². The van der Waals surface area contributed by atoms with Crippen LogP contribution in [0.25, 0.3) is 0 Å². The van der Waals surface area contributed by atoms with E-state index in [1.165, 1.54) is 26.7 Å². The molecule has 3 rings (SSSR count). The number of para-hydroxylation sites is 1. The molecule has 0 saturated heterocycles. The highest BCUT2D eigenvalue weighted by Crippen LogP contribution is 2.48. The molecular weight excluding hydrogens is 262 g/mol. The number of fused-ring (bicyclic) bond motifs is 2. The lowest BCUT2D eigenvalue weighted by atomic mass is 10.1. The molecule has 1 aliphatic rings. The summed E-state index contributed by atoms with van der Waals surface area (Å²) in [7, 11) is 0. The highest BCUT2D eigenvalue weighted by Gasteiger charge is 2.22. The van der Waals surface area contributed by atoms with E-state index in [1.807, 2.05) is 30.3 Å². The number of rotatable bonds is 4. The van der Waals surface area contributed by atoms with Gasteiger partial charge in [0.05, 0.1) is 11.4 Å². The Balaban J connectivity index is 2.11. The summed E-state index contributed by atoms with van der Waals surface area (Å²) in [6.45, 7) is 8.46. The Morgan fingerprint density at radius 1 is 1.00 bits per heavy atom. The minimum absolute atomic E-state index is 0.808. The van der Waals surface area contributed by atoms with Gasteiger partial charge in [-0.05, 0) is 29.8 Å². The molecule has 2 aromatic carbocycles. The third kappa shape index (κ3) is 2.27. The predicted octanol–water partition coefficient (Wildman–Crippen LogP) is 5.21. The van der Waals surface area contributed by atoms with Crippen molar-refractivity contribution in [2.45, 2.75) is 9.79 Å². The number of allylic oxidation sites excluding steroid dienone is 1. The Morgan fingerprint density at radius 3 is 2.60 bits per heavy atom. The average Bonchev–Trinajstić information content (AvgIpc) is 2.48. The van der Waals surface area contributed by atoms with Gasteiger partial charge in [-0.1, -0.05) is 42.1 Å². The third-order valence-corrected chi connectivity index (χ3v) is 4.40. The van der Waals surface area contributed by atoms with Crippen molar-refractivity contribution in [2.75, 3.05) is 11.4 Å². The minimum Gasteiger partial charge on any atom is -0.336 e. The van der Waals surface area contributed by atoms with Gasteiger partial charge >= 0.3 is 0 Å². The minimum atomic E-state index is 0.808. The van der Waals surface area contributed by atoms with Crippen molar-refractivity contribution >= 4 is 23.1 Å². The second-order valence-electron chi connectivity index (χ2n) is 4.60. The zero-order valence-corrected chi connectivity index (χ0v) is 12.1. The molecule has 1 aliphatic heterocycles. The Hall–Kier alpha value is -1.93. The quantitative estimate of drug-likeness (QED) is 0.706. The van der Waals surface area contributed by atoms with Crippen molar-refractivity contribution in [1.82, 2.24) is 0 Å². The van der Waals surface area contributed by atoms with E-state index in [2.05, 4.69) is 60.5 Å². The lowest BCUT2D eigenvalue weighted by Gasteiger charge is -2.32. The van der Waals surface area contributed by atoms with E-state index in [1.54, 1.807) is 0 Å². The van der Waals surface area contributed by atoms with Crippen LogP contribution >= 0.6 is 11.8 Å². The van der Waals surface area contributed by atoms with Gasteiger partial charge in [-0.3, -0.25) is 0 Å². The molecule has 2 aromatic rings. The fraction of sp³-hybridized carbons (Fsp3) is 0.0556. The first-order valence-electron chi connectivity index (χ1n) is 6.58. The molecule has 0 fully saturated rings. The van der Waals surface area contributed by atoms with Crippen LogP contribution in [-0.2, 0) is 0 Å². The number of nitrogens with zero attached hydrogens (tertiary/aromatic N) is 1. The fourth-order valence-electron chi connectivity index (χ4n) is 2.41. The highest BCUT2D eigenvalue weighted by atomic mass is 32.2. The first kappa shape index (κ1) is 13.1. The number of hydrogen-bond acceptors (Lipinski definition) is 2. The molecule has 20 heavy (non-hydrogen) atoms. The zero-order chi connectivity index (χ0) is 13.9. The van der Waals surface area contributed by atoms with Gasteiger partial charge in [0.1, 0.15) is 0 Å². The SMILES string of the molecule is C=C[CH]c1ccc2c(c1)N(CC=C)c1ccccc1S2. The molecule has 0 aromatic heterocycles. The zero-order valence-electron chi connectivity index (χ0n) is 11.3. The Labute approximate surface area is 124 Å². The molecule has 0 bridgehead atoms. The second-order valence-corrected chi connectivity index (χ2v) is 5.68. The molecule has 0 saturated carbocycles. The van der Waals surface area contributed by atoms with Gasteiger partial charge in [0.15, 0.2) is 0 Å². The summed E-state index contributed by atoms with van der Waals surface area (Å²) in [6, 6.07) is 15.0. The molecule has 0 amide bonds. The van der Waals surface area contributed by atoms with Crippen molar-refractivity contribution in [2.24, 2.45) is 0 Å². The van der Waals surface area contributed by atoms with Crippen molar-refractivity contribution < 1.29 is 0 Å². The standard InChI is InChI=1S/C18H16NS/c1-3-7-14-10-11-18-16(13-14)19(12-4-2)15-8-5-6-9-17(15)20-18/h3-11,13H,1-2,12H2. The Bertz CT molecular complexity index is 660. The fourth-order valence-corrected chi connectivity index (χ4v) is 3.49. The molecule has 0 atom stereocenters. The summed E-state index contributed by atoms with van der Waals surface area (Å²) in [4.78, 5) is 4.89. The number of anilines is 2. The average molecular weight is 278 g/mol. The lowest BCUT2D eigenvalue weighted by molar-refractivity contribution is 1.03. The van der Waals surface area contributed by atoms with Crippen molar-refractivity contribution in [1.29, 1.82) is 0 Å². The molecule has 1 heterocycles. The highest BCUT2D eigenvalue weighted by molar-refractivity contribution is 7.99. The maximum Gasteiger partial charge on any atom is 0.0558 e. The summed E-state index contributed by atoms with van der Waals surface area (Å²) >= 11 is 1.82. The molecule has 0 unspecified atom stereocenters. The van der Waals surface area contributed by atoms with Gasteiger partial charge in [-0.25, -0.2) is 0 Å². The summed E-state index contributed by atoms with van der Waals surface area (Å²) in [5.74, 6) is 0. The normalized spacial score (nSPS) is 12.5. The van der Waals surface area contributed by atoms with Crippen LogP contribution in [0.15, 0.2) is 77.6 Å². The van der Waals surface area contributed by atoms with E-state index in [4.69, 9.17) is 0 Å². The first-order chi connectivity index (χ1) is 9.83. The molecule has 2 heteroatoms. The lowest BCUT2D eigenvalue weighted by Crippen LogP contribution is -2.20. The van der Waals surface area contributed by atoms with Crippen molar-refractivity contribution in [3.8, 4) is 0 Å². The van der Waals surface area contributed by atoms with E-state index in [9.17, 15) is 0 Å². The second kappa shape index (κ2) is 5.59. The van der Waals surface area contributed by atoms with Gasteiger partial charge in [-0.15, -0.1) is 13.2 Å². The molecule has 0 N–H and O–H groups in total. The van der Waals surface area contributed by atoms with Crippen LogP contribution in [-0.4, -0.2) is 6.54 Å². The monoisotopic (exact) mass is 278 g/mol. The largest absolute Gasteiger partial charge is 0.336 e. The predicted molar refractivity (Wildman–Crippen MR) is 87.8 cm³/mol. The third-order valence-electron chi connectivity index (χ3n) is 3.27. The maximum atomic E-state index is 3.89. The van der Waals surface area contributed by atoms with E-state index in [-0.39, 0.29) is 0 Å². The summed E-state index contributed by atoms with van der Waals surface area (Å²) in [6.07, 6.45) is 5.79. The molecule has 0 spiro atoms. The maximum absolute atomic E-state index is 3.89. The van der Waals surface area contributed by atoms with E-state index in [0.717, 1.165) is 6.54 Å². The molecule has 0 aliphatic carbocycles. The van der Waals surface area contributed by atoms with Gasteiger partial charge in [0, 0.05) is 22.8 Å².